The molecule has 21 heavy (non-hydrogen) atoms. The third-order valence-corrected chi connectivity index (χ3v) is 4.50. The molecule has 1 aromatic carbocycles. The van der Waals surface area contributed by atoms with Gasteiger partial charge >= 0.3 is 0 Å². The largest absolute Gasteiger partial charge is 0.347 e. The predicted octanol–water partition coefficient (Wildman–Crippen LogP) is 3.05. The molecule has 5 heteroatoms. The molecule has 112 valence electrons. The molecule has 0 saturated heterocycles. The quantitative estimate of drug-likeness (QED) is 0.862. The lowest BCUT2D eigenvalue weighted by molar-refractivity contribution is -0.126. The van der Waals surface area contributed by atoms with Crippen molar-refractivity contribution in [2.24, 2.45) is 11.7 Å². The van der Waals surface area contributed by atoms with Crippen LogP contribution in [0.4, 0.5) is 0 Å². The van der Waals surface area contributed by atoms with Gasteiger partial charge < -0.3 is 11.1 Å². The Hall–Kier alpha value is -1.72. The molecule has 0 aliphatic heterocycles. The van der Waals surface area contributed by atoms with Gasteiger partial charge in [0.05, 0.1) is 12.0 Å². The summed E-state index contributed by atoms with van der Waals surface area (Å²) in [6.07, 6.45) is 2.57. The molecule has 3 N–H and O–H groups in total. The summed E-state index contributed by atoms with van der Waals surface area (Å²) in [5.41, 5.74) is 7.18. The monoisotopic (exact) mass is 303 g/mol. The highest BCUT2D eigenvalue weighted by Gasteiger charge is 2.24. The number of amides is 1. The molecule has 2 aromatic rings. The van der Waals surface area contributed by atoms with E-state index in [1.807, 2.05) is 49.6 Å². The minimum Gasteiger partial charge on any atom is -0.347 e. The Kier molecular flexibility index (Phi) is 5.47. The Morgan fingerprint density at radius 3 is 2.67 bits per heavy atom. The van der Waals surface area contributed by atoms with E-state index in [1.54, 1.807) is 17.5 Å². The van der Waals surface area contributed by atoms with Crippen molar-refractivity contribution >= 4 is 17.2 Å². The van der Waals surface area contributed by atoms with Crippen LogP contribution in [0.25, 0.3) is 0 Å². The summed E-state index contributed by atoms with van der Waals surface area (Å²) >= 11 is 1.56. The number of rotatable bonds is 6. The number of nitrogens with zero attached hydrogens (tertiary/aromatic N) is 1. The highest BCUT2D eigenvalue weighted by molar-refractivity contribution is 7.09. The van der Waals surface area contributed by atoms with Crippen LogP contribution in [0.2, 0.25) is 0 Å². The number of thiazole rings is 1. The van der Waals surface area contributed by atoms with Gasteiger partial charge in [0.25, 0.3) is 0 Å². The number of nitrogens with two attached hydrogens (primary N) is 1. The van der Waals surface area contributed by atoms with Crippen molar-refractivity contribution in [3.8, 4) is 0 Å². The molecule has 3 atom stereocenters. The van der Waals surface area contributed by atoms with E-state index >= 15 is 0 Å². The van der Waals surface area contributed by atoms with Crippen LogP contribution in [-0.4, -0.2) is 10.9 Å². The lowest BCUT2D eigenvalue weighted by Gasteiger charge is -2.22. The lowest BCUT2D eigenvalue weighted by Crippen LogP contribution is -2.37. The molecule has 0 saturated carbocycles. The molecule has 1 amide bonds. The van der Waals surface area contributed by atoms with E-state index in [0.717, 1.165) is 17.0 Å². The van der Waals surface area contributed by atoms with Crippen molar-refractivity contribution in [3.63, 3.8) is 0 Å². The van der Waals surface area contributed by atoms with Crippen molar-refractivity contribution in [2.45, 2.75) is 32.4 Å². The summed E-state index contributed by atoms with van der Waals surface area (Å²) in [7, 11) is 0. The topological polar surface area (TPSA) is 68.0 Å². The molecule has 4 nitrogen and oxygen atoms in total. The molecule has 0 radical (unpaired) electrons. The van der Waals surface area contributed by atoms with Crippen molar-refractivity contribution in [3.05, 3.63) is 52.5 Å². The molecular formula is C16H21N3OS. The summed E-state index contributed by atoms with van der Waals surface area (Å²) in [6, 6.07) is 9.37. The first kappa shape index (κ1) is 15.7. The van der Waals surface area contributed by atoms with E-state index in [0.29, 0.717) is 0 Å². The Morgan fingerprint density at radius 2 is 2.10 bits per heavy atom. The van der Waals surface area contributed by atoms with Crippen LogP contribution in [-0.2, 0) is 4.79 Å². The summed E-state index contributed by atoms with van der Waals surface area (Å²) in [4.78, 5) is 16.7. The average molecular weight is 303 g/mol. The molecule has 0 aliphatic carbocycles. The fourth-order valence-corrected chi connectivity index (χ4v) is 2.95. The molecule has 2 rings (SSSR count). The van der Waals surface area contributed by atoms with Crippen molar-refractivity contribution in [1.29, 1.82) is 0 Å². The van der Waals surface area contributed by atoms with Crippen LogP contribution < -0.4 is 11.1 Å². The van der Waals surface area contributed by atoms with Crippen LogP contribution in [0.15, 0.2) is 41.9 Å². The van der Waals surface area contributed by atoms with Gasteiger partial charge in [-0.2, -0.15) is 0 Å². The first-order valence-corrected chi connectivity index (χ1v) is 8.01. The summed E-state index contributed by atoms with van der Waals surface area (Å²) in [5.74, 6) is -0.324. The summed E-state index contributed by atoms with van der Waals surface area (Å²) in [5, 5.41) is 5.90. The van der Waals surface area contributed by atoms with Crippen molar-refractivity contribution < 1.29 is 4.79 Å². The zero-order chi connectivity index (χ0) is 15.2. The Labute approximate surface area is 129 Å². The number of hydrogen-bond donors (Lipinski definition) is 2. The van der Waals surface area contributed by atoms with Crippen LogP contribution in [0, 0.1) is 5.92 Å². The third kappa shape index (κ3) is 3.89. The fraction of sp³-hybridized carbons (Fsp3) is 0.375. The van der Waals surface area contributed by atoms with E-state index in [4.69, 9.17) is 5.73 Å². The highest BCUT2D eigenvalue weighted by Crippen LogP contribution is 2.23. The predicted molar refractivity (Wildman–Crippen MR) is 85.8 cm³/mol. The normalized spacial score (nSPS) is 15.2. The second kappa shape index (κ2) is 7.33. The van der Waals surface area contributed by atoms with Gasteiger partial charge in [-0.05, 0) is 12.0 Å². The van der Waals surface area contributed by atoms with E-state index < -0.39 is 0 Å². The number of carbonyl (C=O) groups is 1. The minimum atomic E-state index is -0.306. The van der Waals surface area contributed by atoms with Gasteiger partial charge in [0.15, 0.2) is 0 Å². The first-order chi connectivity index (χ1) is 10.1. The van der Waals surface area contributed by atoms with Crippen LogP contribution in [0.3, 0.4) is 0 Å². The molecule has 1 aromatic heterocycles. The molecule has 0 bridgehead atoms. The van der Waals surface area contributed by atoms with Gasteiger partial charge in [0.2, 0.25) is 5.91 Å². The molecule has 0 aliphatic rings. The zero-order valence-electron chi connectivity index (χ0n) is 12.3. The van der Waals surface area contributed by atoms with Gasteiger partial charge in [-0.1, -0.05) is 44.2 Å². The molecule has 0 fully saturated rings. The zero-order valence-corrected chi connectivity index (χ0v) is 13.1. The number of nitrogens with one attached hydrogen (secondary N) is 1. The van der Waals surface area contributed by atoms with Crippen LogP contribution in [0.1, 0.15) is 42.9 Å². The SMILES string of the molecule is CCC(NC(=O)C(C)C(N)c1ccccc1)c1nccs1. The first-order valence-electron chi connectivity index (χ1n) is 7.13. The maximum absolute atomic E-state index is 12.4. The van der Waals surface area contributed by atoms with E-state index in [1.165, 1.54) is 0 Å². The molecule has 1 heterocycles. The second-order valence-corrected chi connectivity index (χ2v) is 5.99. The van der Waals surface area contributed by atoms with E-state index in [9.17, 15) is 4.79 Å². The van der Waals surface area contributed by atoms with Gasteiger partial charge in [0.1, 0.15) is 5.01 Å². The standard InChI is InChI=1S/C16H21N3OS/c1-3-13(16-18-9-10-21-16)19-15(20)11(2)14(17)12-7-5-4-6-8-12/h4-11,13-14H,3,17H2,1-2H3,(H,19,20). The van der Waals surface area contributed by atoms with E-state index in [-0.39, 0.29) is 23.9 Å². The van der Waals surface area contributed by atoms with Gasteiger partial charge in [-0.15, -0.1) is 11.3 Å². The van der Waals surface area contributed by atoms with Gasteiger partial charge in [-0.3, -0.25) is 4.79 Å². The number of carbonyl (C=O) groups excluding carboxylic acids is 1. The lowest BCUT2D eigenvalue weighted by atomic mass is 9.94. The molecule has 0 spiro atoms. The Bertz CT molecular complexity index is 556. The van der Waals surface area contributed by atoms with Crippen LogP contribution >= 0.6 is 11.3 Å². The molecular weight excluding hydrogens is 282 g/mol. The summed E-state index contributed by atoms with van der Waals surface area (Å²) in [6.45, 7) is 3.90. The smallest absolute Gasteiger partial charge is 0.225 e. The Morgan fingerprint density at radius 1 is 1.38 bits per heavy atom. The Balaban J connectivity index is 2.02. The second-order valence-electron chi connectivity index (χ2n) is 5.06. The number of hydrogen-bond acceptors (Lipinski definition) is 4. The van der Waals surface area contributed by atoms with Gasteiger partial charge in [0, 0.05) is 17.6 Å². The number of benzene rings is 1. The minimum absolute atomic E-state index is 0.0339. The summed E-state index contributed by atoms with van der Waals surface area (Å²) < 4.78 is 0. The average Bonchev–Trinajstić information content (AvgIpc) is 3.06. The van der Waals surface area contributed by atoms with E-state index in [2.05, 4.69) is 10.3 Å². The van der Waals surface area contributed by atoms with Gasteiger partial charge in [-0.25, -0.2) is 4.98 Å². The molecule has 3 unspecified atom stereocenters. The highest BCUT2D eigenvalue weighted by atomic mass is 32.1. The van der Waals surface area contributed by atoms with Crippen molar-refractivity contribution in [1.82, 2.24) is 10.3 Å². The van der Waals surface area contributed by atoms with Crippen molar-refractivity contribution in [2.75, 3.05) is 0 Å². The third-order valence-electron chi connectivity index (χ3n) is 3.61. The maximum atomic E-state index is 12.4. The fourth-order valence-electron chi connectivity index (χ4n) is 2.18. The van der Waals surface area contributed by atoms with Crippen LogP contribution in [0.5, 0.6) is 0 Å². The number of aromatic nitrogens is 1. The maximum Gasteiger partial charge on any atom is 0.225 e.